The Morgan fingerprint density at radius 1 is 1.38 bits per heavy atom. The van der Waals surface area contributed by atoms with E-state index in [1.165, 1.54) is 19.3 Å². The molecule has 3 nitrogen and oxygen atoms in total. The van der Waals surface area contributed by atoms with E-state index in [0.717, 1.165) is 19.3 Å². The second kappa shape index (κ2) is 3.13. The van der Waals surface area contributed by atoms with Gasteiger partial charge in [-0.05, 0) is 25.7 Å². The molecule has 3 heteroatoms. The molecule has 0 bridgehead atoms. The Bertz CT molecular complexity index is 252. The van der Waals surface area contributed by atoms with Crippen LogP contribution < -0.4 is 0 Å². The van der Waals surface area contributed by atoms with Crippen molar-refractivity contribution in [2.24, 2.45) is 5.16 Å². The molecule has 1 heterocycles. The first-order chi connectivity index (χ1) is 6.22. The lowest BCUT2D eigenvalue weighted by molar-refractivity contribution is -0.111. The first kappa shape index (κ1) is 8.73. The summed E-state index contributed by atoms with van der Waals surface area (Å²) in [6.07, 6.45) is 6.57. The Labute approximate surface area is 78.1 Å². The van der Waals surface area contributed by atoms with Crippen molar-refractivity contribution in [3.8, 4) is 0 Å². The average molecular weight is 181 g/mol. The van der Waals surface area contributed by atoms with Crippen LogP contribution in [0.2, 0.25) is 0 Å². The molecular weight excluding hydrogens is 166 g/mol. The van der Waals surface area contributed by atoms with Crippen molar-refractivity contribution in [3.63, 3.8) is 0 Å². The number of nitrogens with zero attached hydrogens (tertiary/aromatic N) is 1. The van der Waals surface area contributed by atoms with Crippen LogP contribution in [0.3, 0.4) is 0 Å². The lowest BCUT2D eigenvalue weighted by Crippen LogP contribution is -2.32. The topological polar surface area (TPSA) is 38.7 Å². The Hall–Kier alpha value is -0.860. The third kappa shape index (κ3) is 1.60. The van der Waals surface area contributed by atoms with Crippen molar-refractivity contribution in [3.05, 3.63) is 0 Å². The molecular formula is C10H15NO2. The molecule has 1 aliphatic carbocycles. The molecule has 0 N–H and O–H groups in total. The van der Waals surface area contributed by atoms with Gasteiger partial charge < -0.3 is 4.84 Å². The highest BCUT2D eigenvalue weighted by atomic mass is 16.7. The minimum atomic E-state index is -0.0980. The quantitative estimate of drug-likeness (QED) is 0.621. The molecule has 1 aliphatic heterocycles. The smallest absolute Gasteiger partial charge is 0.177 e. The van der Waals surface area contributed by atoms with E-state index >= 15 is 0 Å². The average Bonchev–Trinajstić information content (AvgIpc) is 2.51. The molecule has 1 spiro atoms. The molecule has 1 fully saturated rings. The minimum absolute atomic E-state index is 0.0578. The molecule has 0 aromatic heterocycles. The molecule has 72 valence electrons. The van der Waals surface area contributed by atoms with Crippen molar-refractivity contribution in [1.29, 1.82) is 0 Å². The predicted molar refractivity (Wildman–Crippen MR) is 49.6 cm³/mol. The zero-order valence-corrected chi connectivity index (χ0v) is 8.01. The van der Waals surface area contributed by atoms with Crippen LogP contribution in [0.1, 0.15) is 45.4 Å². The van der Waals surface area contributed by atoms with Gasteiger partial charge in [0.1, 0.15) is 11.3 Å². The standard InChI is InChI=1S/C10H15NO2/c1-8(12)9-7-10(13-11-9)5-3-2-4-6-10/h2-7H2,1H3. The number of hydrogen-bond acceptors (Lipinski definition) is 3. The predicted octanol–water partition coefficient (Wildman–Crippen LogP) is 2.05. The number of rotatable bonds is 1. The van der Waals surface area contributed by atoms with Crippen molar-refractivity contribution in [2.45, 2.75) is 51.0 Å². The van der Waals surface area contributed by atoms with E-state index in [1.807, 2.05) is 0 Å². The summed E-state index contributed by atoms with van der Waals surface area (Å²) >= 11 is 0. The van der Waals surface area contributed by atoms with Crippen molar-refractivity contribution >= 4 is 11.5 Å². The van der Waals surface area contributed by atoms with E-state index in [9.17, 15) is 4.79 Å². The summed E-state index contributed by atoms with van der Waals surface area (Å²) < 4.78 is 0. The van der Waals surface area contributed by atoms with Gasteiger partial charge in [-0.15, -0.1) is 0 Å². The van der Waals surface area contributed by atoms with Crippen LogP contribution in [0.5, 0.6) is 0 Å². The Morgan fingerprint density at radius 3 is 2.62 bits per heavy atom. The molecule has 0 unspecified atom stereocenters. The third-order valence-electron chi connectivity index (χ3n) is 3.01. The second-order valence-corrected chi connectivity index (χ2v) is 4.11. The lowest BCUT2D eigenvalue weighted by atomic mass is 9.81. The molecule has 2 rings (SSSR count). The highest BCUT2D eigenvalue weighted by Gasteiger charge is 2.40. The third-order valence-corrected chi connectivity index (χ3v) is 3.01. The molecule has 2 aliphatic rings. The van der Waals surface area contributed by atoms with E-state index in [0.29, 0.717) is 5.71 Å². The second-order valence-electron chi connectivity index (χ2n) is 4.11. The fraction of sp³-hybridized carbons (Fsp3) is 0.800. The number of carbonyl (C=O) groups excluding carboxylic acids is 1. The van der Waals surface area contributed by atoms with Crippen LogP contribution in [0.25, 0.3) is 0 Å². The highest BCUT2D eigenvalue weighted by molar-refractivity contribution is 6.39. The molecule has 0 radical (unpaired) electrons. The maximum Gasteiger partial charge on any atom is 0.177 e. The van der Waals surface area contributed by atoms with Gasteiger partial charge in [-0.2, -0.15) is 0 Å². The van der Waals surface area contributed by atoms with Gasteiger partial charge in [0.05, 0.1) is 0 Å². The maximum absolute atomic E-state index is 11.1. The molecule has 1 saturated carbocycles. The van der Waals surface area contributed by atoms with E-state index < -0.39 is 0 Å². The summed E-state index contributed by atoms with van der Waals surface area (Å²) in [6, 6.07) is 0. The van der Waals surface area contributed by atoms with Crippen LogP contribution >= 0.6 is 0 Å². The summed E-state index contributed by atoms with van der Waals surface area (Å²) in [5.41, 5.74) is 0.529. The maximum atomic E-state index is 11.1. The molecule has 13 heavy (non-hydrogen) atoms. The monoisotopic (exact) mass is 181 g/mol. The van der Waals surface area contributed by atoms with Gasteiger partial charge in [-0.3, -0.25) is 4.79 Å². The lowest BCUT2D eigenvalue weighted by Gasteiger charge is -2.30. The first-order valence-corrected chi connectivity index (χ1v) is 4.98. The number of Topliss-reactive ketones (excluding diaryl/α,β-unsaturated/α-hetero) is 1. The summed E-state index contributed by atoms with van der Waals surface area (Å²) in [5, 5.41) is 3.88. The molecule has 0 atom stereocenters. The van der Waals surface area contributed by atoms with Gasteiger partial charge in [0, 0.05) is 13.3 Å². The van der Waals surface area contributed by atoms with Gasteiger partial charge in [0.25, 0.3) is 0 Å². The fourth-order valence-electron chi connectivity index (χ4n) is 2.17. The molecule has 0 amide bonds. The number of carbonyl (C=O) groups is 1. The number of hydrogen-bond donors (Lipinski definition) is 0. The Kier molecular flexibility index (Phi) is 2.10. The zero-order chi connectivity index (χ0) is 9.31. The van der Waals surface area contributed by atoms with Crippen molar-refractivity contribution in [2.75, 3.05) is 0 Å². The number of oxime groups is 1. The van der Waals surface area contributed by atoms with E-state index in [4.69, 9.17) is 4.84 Å². The van der Waals surface area contributed by atoms with E-state index in [1.54, 1.807) is 6.92 Å². The fourth-order valence-corrected chi connectivity index (χ4v) is 2.17. The summed E-state index contributed by atoms with van der Waals surface area (Å²) in [4.78, 5) is 16.5. The van der Waals surface area contributed by atoms with Crippen molar-refractivity contribution in [1.82, 2.24) is 0 Å². The largest absolute Gasteiger partial charge is 0.388 e. The van der Waals surface area contributed by atoms with Gasteiger partial charge >= 0.3 is 0 Å². The van der Waals surface area contributed by atoms with E-state index in [2.05, 4.69) is 5.16 Å². The molecule has 0 aromatic rings. The zero-order valence-electron chi connectivity index (χ0n) is 8.01. The van der Waals surface area contributed by atoms with Crippen LogP contribution in [0.15, 0.2) is 5.16 Å². The van der Waals surface area contributed by atoms with Gasteiger partial charge in [0.2, 0.25) is 0 Å². The van der Waals surface area contributed by atoms with Gasteiger partial charge in [-0.1, -0.05) is 11.6 Å². The molecule has 0 saturated heterocycles. The van der Waals surface area contributed by atoms with Crippen LogP contribution in [0.4, 0.5) is 0 Å². The van der Waals surface area contributed by atoms with E-state index in [-0.39, 0.29) is 11.4 Å². The Balaban J connectivity index is 2.02. The summed E-state index contributed by atoms with van der Waals surface area (Å²) in [7, 11) is 0. The van der Waals surface area contributed by atoms with Crippen LogP contribution in [-0.2, 0) is 9.63 Å². The minimum Gasteiger partial charge on any atom is -0.388 e. The Morgan fingerprint density at radius 2 is 2.08 bits per heavy atom. The normalized spacial score (nSPS) is 25.5. The summed E-state index contributed by atoms with van der Waals surface area (Å²) in [6.45, 7) is 1.56. The van der Waals surface area contributed by atoms with Gasteiger partial charge in [-0.25, -0.2) is 0 Å². The van der Waals surface area contributed by atoms with Gasteiger partial charge in [0.15, 0.2) is 5.78 Å². The first-order valence-electron chi connectivity index (χ1n) is 4.98. The van der Waals surface area contributed by atoms with Crippen molar-refractivity contribution < 1.29 is 9.63 Å². The number of ketones is 1. The highest BCUT2D eigenvalue weighted by Crippen LogP contribution is 2.38. The van der Waals surface area contributed by atoms with Crippen LogP contribution in [0, 0.1) is 0 Å². The summed E-state index contributed by atoms with van der Waals surface area (Å²) in [5.74, 6) is 0.0578. The van der Waals surface area contributed by atoms with Crippen LogP contribution in [-0.4, -0.2) is 17.1 Å². The SMILES string of the molecule is CC(=O)C1=NOC2(CCCCC2)C1. The molecule has 0 aromatic carbocycles.